The quantitative estimate of drug-likeness (QED) is 0.826. The number of benzene rings is 1. The number of nitrogens with one attached hydrogen (secondary N) is 1. The van der Waals surface area contributed by atoms with Crippen molar-refractivity contribution in [2.75, 3.05) is 0 Å². The number of aromatic nitrogens is 2. The minimum absolute atomic E-state index is 0.0563. The highest BCUT2D eigenvalue weighted by atomic mass is 32.1. The van der Waals surface area contributed by atoms with E-state index in [9.17, 15) is 9.59 Å². The molecule has 1 atom stereocenters. The Labute approximate surface area is 164 Å². The van der Waals surface area contributed by atoms with Gasteiger partial charge in [0.25, 0.3) is 5.91 Å². The Bertz CT molecular complexity index is 792. The van der Waals surface area contributed by atoms with Crippen LogP contribution in [0.25, 0.3) is 0 Å². The van der Waals surface area contributed by atoms with Crippen molar-refractivity contribution in [3.8, 4) is 0 Å². The van der Waals surface area contributed by atoms with Gasteiger partial charge in [0.15, 0.2) is 5.69 Å². The van der Waals surface area contributed by atoms with Crippen LogP contribution in [0.15, 0.2) is 29.6 Å². The first-order valence-corrected chi connectivity index (χ1v) is 10.1. The Morgan fingerprint density at radius 3 is 2.41 bits per heavy atom. The van der Waals surface area contributed by atoms with Crippen LogP contribution in [-0.4, -0.2) is 37.9 Å². The number of hydrogen-bond acceptors (Lipinski definition) is 5. The van der Waals surface area contributed by atoms with E-state index in [0.29, 0.717) is 5.69 Å². The normalized spacial score (nSPS) is 15.3. The topological polar surface area (TPSA) is 75.2 Å². The van der Waals surface area contributed by atoms with E-state index in [1.165, 1.54) is 5.56 Å². The second kappa shape index (κ2) is 7.76. The third-order valence-corrected chi connectivity index (χ3v) is 4.99. The molecule has 1 aliphatic rings. The molecule has 1 N–H and O–H groups in total. The molecule has 1 aromatic heterocycles. The molecule has 0 unspecified atom stereocenters. The standard InChI is InChI=1S/C20H26N4O2S/c1-5-13-6-8-14(9-7-13)17(18(25)21-20(2,3)4)24(15-10-11-15)19(26)16-12-27-23-22-16/h6-9,12,15,17H,5,10-11H2,1-4H3,(H,21,25)/t17-/m1/s1. The number of carbonyl (C=O) groups excluding carboxylic acids is 2. The zero-order valence-corrected chi connectivity index (χ0v) is 17.0. The number of aryl methyl sites for hydroxylation is 1. The first-order chi connectivity index (χ1) is 12.8. The van der Waals surface area contributed by atoms with E-state index in [1.54, 1.807) is 10.3 Å². The lowest BCUT2D eigenvalue weighted by atomic mass is 9.99. The second-order valence-corrected chi connectivity index (χ2v) is 8.58. The number of nitrogens with zero attached hydrogens (tertiary/aromatic N) is 3. The van der Waals surface area contributed by atoms with Crippen LogP contribution in [0.5, 0.6) is 0 Å². The molecule has 0 spiro atoms. The van der Waals surface area contributed by atoms with Crippen LogP contribution >= 0.6 is 11.5 Å². The van der Waals surface area contributed by atoms with Gasteiger partial charge in [-0.2, -0.15) is 0 Å². The SMILES string of the molecule is CCc1ccc([C@H](C(=O)NC(C)(C)C)N(C(=O)c2csnn2)C2CC2)cc1. The molecule has 0 aliphatic heterocycles. The molecule has 0 radical (unpaired) electrons. The first-order valence-electron chi connectivity index (χ1n) is 9.30. The number of hydrogen-bond donors (Lipinski definition) is 1. The van der Waals surface area contributed by atoms with E-state index in [4.69, 9.17) is 0 Å². The van der Waals surface area contributed by atoms with Gasteiger partial charge in [0, 0.05) is 17.0 Å². The van der Waals surface area contributed by atoms with E-state index in [2.05, 4.69) is 21.8 Å². The Hall–Kier alpha value is -2.28. The Balaban J connectivity index is 2.00. The van der Waals surface area contributed by atoms with Crippen molar-refractivity contribution in [1.29, 1.82) is 0 Å². The van der Waals surface area contributed by atoms with Crippen molar-refractivity contribution in [3.05, 3.63) is 46.5 Å². The van der Waals surface area contributed by atoms with E-state index < -0.39 is 6.04 Å². The molecule has 1 aliphatic carbocycles. The fraction of sp³-hybridized carbons (Fsp3) is 0.500. The molecule has 144 valence electrons. The molecule has 2 amide bonds. The summed E-state index contributed by atoms with van der Waals surface area (Å²) < 4.78 is 3.81. The summed E-state index contributed by atoms with van der Waals surface area (Å²) in [6.45, 7) is 7.91. The number of carbonyl (C=O) groups is 2. The van der Waals surface area contributed by atoms with Crippen LogP contribution < -0.4 is 5.32 Å². The highest BCUT2D eigenvalue weighted by Crippen LogP contribution is 2.36. The van der Waals surface area contributed by atoms with E-state index >= 15 is 0 Å². The maximum atomic E-state index is 13.2. The predicted molar refractivity (Wildman–Crippen MR) is 106 cm³/mol. The molecule has 3 rings (SSSR count). The summed E-state index contributed by atoms with van der Waals surface area (Å²) in [6, 6.07) is 7.32. The fourth-order valence-electron chi connectivity index (χ4n) is 3.05. The molecule has 1 saturated carbocycles. The van der Waals surface area contributed by atoms with Crippen LogP contribution in [0.2, 0.25) is 0 Å². The second-order valence-electron chi connectivity index (χ2n) is 7.97. The molecule has 1 aromatic carbocycles. The summed E-state index contributed by atoms with van der Waals surface area (Å²) in [7, 11) is 0. The number of amides is 2. The van der Waals surface area contributed by atoms with E-state index in [1.807, 2.05) is 45.0 Å². The average molecular weight is 387 g/mol. The lowest BCUT2D eigenvalue weighted by Crippen LogP contribution is -2.50. The molecule has 0 saturated heterocycles. The minimum Gasteiger partial charge on any atom is -0.349 e. The maximum Gasteiger partial charge on any atom is 0.276 e. The van der Waals surface area contributed by atoms with Gasteiger partial charge in [0.2, 0.25) is 5.91 Å². The molecule has 1 heterocycles. The van der Waals surface area contributed by atoms with E-state index in [-0.39, 0.29) is 23.4 Å². The molecule has 27 heavy (non-hydrogen) atoms. The summed E-state index contributed by atoms with van der Waals surface area (Å²) in [6.07, 6.45) is 2.72. The molecule has 1 fully saturated rings. The largest absolute Gasteiger partial charge is 0.349 e. The lowest BCUT2D eigenvalue weighted by Gasteiger charge is -2.33. The Kier molecular flexibility index (Phi) is 5.60. The zero-order chi connectivity index (χ0) is 19.6. The van der Waals surface area contributed by atoms with Crippen molar-refractivity contribution in [2.24, 2.45) is 0 Å². The van der Waals surface area contributed by atoms with Crippen LogP contribution in [0.1, 0.15) is 68.2 Å². The van der Waals surface area contributed by atoms with Gasteiger partial charge >= 0.3 is 0 Å². The molecular weight excluding hydrogens is 360 g/mol. The number of rotatable bonds is 6. The Morgan fingerprint density at radius 2 is 1.93 bits per heavy atom. The average Bonchev–Trinajstić information content (AvgIpc) is 3.29. The summed E-state index contributed by atoms with van der Waals surface area (Å²) in [5.41, 5.74) is 1.92. The zero-order valence-electron chi connectivity index (χ0n) is 16.2. The third kappa shape index (κ3) is 4.71. The van der Waals surface area contributed by atoms with Crippen molar-refractivity contribution in [3.63, 3.8) is 0 Å². The predicted octanol–water partition coefficient (Wildman–Crippen LogP) is 3.36. The molecule has 6 nitrogen and oxygen atoms in total. The highest BCUT2D eigenvalue weighted by Gasteiger charge is 2.42. The van der Waals surface area contributed by atoms with Crippen molar-refractivity contribution >= 4 is 23.3 Å². The molecule has 0 bridgehead atoms. The van der Waals surface area contributed by atoms with E-state index in [0.717, 1.165) is 36.4 Å². The van der Waals surface area contributed by atoms with Gasteiger partial charge in [-0.1, -0.05) is 35.7 Å². The van der Waals surface area contributed by atoms with Crippen molar-refractivity contribution in [1.82, 2.24) is 19.8 Å². The first kappa shape index (κ1) is 19.5. The van der Waals surface area contributed by atoms with Crippen molar-refractivity contribution < 1.29 is 9.59 Å². The van der Waals surface area contributed by atoms with Gasteiger partial charge in [-0.3, -0.25) is 9.59 Å². The van der Waals surface area contributed by atoms with Gasteiger partial charge in [-0.15, -0.1) is 5.10 Å². The maximum absolute atomic E-state index is 13.2. The summed E-state index contributed by atoms with van der Waals surface area (Å²) in [5, 5.41) is 8.61. The fourth-order valence-corrected chi connectivity index (χ4v) is 3.48. The smallest absolute Gasteiger partial charge is 0.276 e. The molecule has 7 heteroatoms. The molecular formula is C20H26N4O2S. The van der Waals surface area contributed by atoms with Gasteiger partial charge in [0.05, 0.1) is 0 Å². The van der Waals surface area contributed by atoms with Gasteiger partial charge in [-0.05, 0) is 62.7 Å². The highest BCUT2D eigenvalue weighted by molar-refractivity contribution is 7.03. The minimum atomic E-state index is -0.683. The van der Waals surface area contributed by atoms with Crippen LogP contribution in [0.4, 0.5) is 0 Å². The van der Waals surface area contributed by atoms with Crippen LogP contribution in [-0.2, 0) is 11.2 Å². The lowest BCUT2D eigenvalue weighted by molar-refractivity contribution is -0.127. The van der Waals surface area contributed by atoms with Crippen LogP contribution in [0, 0.1) is 0 Å². The molecule has 2 aromatic rings. The van der Waals surface area contributed by atoms with Crippen LogP contribution in [0.3, 0.4) is 0 Å². The van der Waals surface area contributed by atoms with Gasteiger partial charge < -0.3 is 10.2 Å². The van der Waals surface area contributed by atoms with Gasteiger partial charge in [0.1, 0.15) is 6.04 Å². The van der Waals surface area contributed by atoms with Crippen molar-refractivity contribution in [2.45, 2.75) is 64.6 Å². The Morgan fingerprint density at radius 1 is 1.26 bits per heavy atom. The third-order valence-electron chi connectivity index (χ3n) is 4.48. The summed E-state index contributed by atoms with van der Waals surface area (Å²) in [5.74, 6) is -0.407. The monoisotopic (exact) mass is 386 g/mol. The summed E-state index contributed by atoms with van der Waals surface area (Å²) >= 11 is 1.14. The summed E-state index contributed by atoms with van der Waals surface area (Å²) in [4.78, 5) is 28.1. The van der Waals surface area contributed by atoms with Gasteiger partial charge in [-0.25, -0.2) is 0 Å².